The number of halogens is 6. The van der Waals surface area contributed by atoms with Crippen LogP contribution in [0.4, 0.5) is 27.1 Å². The van der Waals surface area contributed by atoms with Crippen molar-refractivity contribution < 1.29 is 26.7 Å². The molecule has 1 N–H and O–H groups in total. The predicted octanol–water partition coefficient (Wildman–Crippen LogP) is 5.01. The first kappa shape index (κ1) is 16.8. The highest BCUT2D eigenvalue weighted by atomic mass is 79.9. The SMILES string of the molecule is O=C(Nc1nc2ccc(Br)cc2s1)c1c(F)c(F)c(F)c(F)c1F. The Hall–Kier alpha value is -2.07. The minimum atomic E-state index is -2.33. The Morgan fingerprint density at radius 1 is 1.00 bits per heavy atom. The van der Waals surface area contributed by atoms with Gasteiger partial charge in [-0.25, -0.2) is 26.9 Å². The number of carbonyl (C=O) groups excluding carboxylic acids is 1. The number of aromatic nitrogens is 1. The van der Waals surface area contributed by atoms with Crippen LogP contribution in [0.3, 0.4) is 0 Å². The molecule has 0 saturated heterocycles. The second-order valence-corrected chi connectivity index (χ2v) is 6.48. The number of carbonyl (C=O) groups is 1. The maximum atomic E-state index is 13.6. The smallest absolute Gasteiger partial charge is 0.263 e. The first-order valence-electron chi connectivity index (χ1n) is 6.18. The zero-order valence-electron chi connectivity index (χ0n) is 11.3. The van der Waals surface area contributed by atoms with E-state index in [2.05, 4.69) is 20.9 Å². The predicted molar refractivity (Wildman–Crippen MR) is 81.5 cm³/mol. The summed E-state index contributed by atoms with van der Waals surface area (Å²) in [4.78, 5) is 15.9. The molecule has 1 heterocycles. The van der Waals surface area contributed by atoms with Gasteiger partial charge in [-0.1, -0.05) is 27.3 Å². The number of benzene rings is 2. The number of fused-ring (bicyclic) bond motifs is 1. The lowest BCUT2D eigenvalue weighted by atomic mass is 10.1. The molecule has 0 aliphatic carbocycles. The Labute approximate surface area is 143 Å². The van der Waals surface area contributed by atoms with Crippen molar-refractivity contribution in [3.8, 4) is 0 Å². The van der Waals surface area contributed by atoms with Crippen molar-refractivity contribution in [3.05, 3.63) is 57.3 Å². The van der Waals surface area contributed by atoms with E-state index >= 15 is 0 Å². The van der Waals surface area contributed by atoms with Crippen molar-refractivity contribution in [1.82, 2.24) is 4.98 Å². The van der Waals surface area contributed by atoms with Crippen LogP contribution in [-0.2, 0) is 0 Å². The van der Waals surface area contributed by atoms with Crippen LogP contribution in [0, 0.1) is 29.1 Å². The Bertz CT molecular complexity index is 962. The molecule has 0 aliphatic heterocycles. The summed E-state index contributed by atoms with van der Waals surface area (Å²) in [6.45, 7) is 0. The standard InChI is InChI=1S/C14H4BrF5N2OS/c15-4-1-2-5-6(3-4)24-14(21-5)22-13(23)7-8(16)10(18)12(20)11(19)9(7)17/h1-3H,(H,21,22,23). The van der Waals surface area contributed by atoms with Crippen molar-refractivity contribution >= 4 is 48.5 Å². The number of nitrogens with zero attached hydrogens (tertiary/aromatic N) is 1. The Morgan fingerprint density at radius 2 is 1.58 bits per heavy atom. The van der Waals surface area contributed by atoms with Gasteiger partial charge in [0.15, 0.2) is 28.4 Å². The highest BCUT2D eigenvalue weighted by Gasteiger charge is 2.30. The summed E-state index contributed by atoms with van der Waals surface area (Å²) in [6, 6.07) is 5.02. The summed E-state index contributed by atoms with van der Waals surface area (Å²) >= 11 is 4.22. The molecule has 0 atom stereocenters. The molecular formula is C14H4BrF5N2OS. The van der Waals surface area contributed by atoms with Crippen LogP contribution in [0.5, 0.6) is 0 Å². The molecule has 0 bridgehead atoms. The van der Waals surface area contributed by atoms with Gasteiger partial charge in [0.05, 0.1) is 10.2 Å². The molecule has 3 nitrogen and oxygen atoms in total. The molecule has 2 aromatic carbocycles. The first-order valence-corrected chi connectivity index (χ1v) is 7.79. The van der Waals surface area contributed by atoms with Crippen LogP contribution in [-0.4, -0.2) is 10.9 Å². The van der Waals surface area contributed by atoms with Gasteiger partial charge in [0.2, 0.25) is 5.82 Å². The molecular weight excluding hydrogens is 419 g/mol. The fourth-order valence-corrected chi connectivity index (χ4v) is 3.33. The van der Waals surface area contributed by atoms with Gasteiger partial charge in [0, 0.05) is 4.47 Å². The number of thiazole rings is 1. The molecule has 1 aromatic heterocycles. The van der Waals surface area contributed by atoms with Crippen molar-refractivity contribution in [2.75, 3.05) is 5.32 Å². The van der Waals surface area contributed by atoms with Crippen molar-refractivity contribution in [2.45, 2.75) is 0 Å². The van der Waals surface area contributed by atoms with Gasteiger partial charge in [-0.2, -0.15) is 0 Å². The van der Waals surface area contributed by atoms with E-state index in [0.29, 0.717) is 10.2 Å². The number of anilines is 1. The molecule has 1 amide bonds. The normalized spacial score (nSPS) is 11.1. The van der Waals surface area contributed by atoms with Crippen LogP contribution in [0.25, 0.3) is 10.2 Å². The molecule has 124 valence electrons. The highest BCUT2D eigenvalue weighted by Crippen LogP contribution is 2.30. The van der Waals surface area contributed by atoms with E-state index in [-0.39, 0.29) is 5.13 Å². The average molecular weight is 423 g/mol. The molecule has 0 fully saturated rings. The first-order chi connectivity index (χ1) is 11.3. The fraction of sp³-hybridized carbons (Fsp3) is 0. The number of hydrogen-bond donors (Lipinski definition) is 1. The van der Waals surface area contributed by atoms with E-state index in [1.807, 2.05) is 5.32 Å². The number of amides is 1. The van der Waals surface area contributed by atoms with Gasteiger partial charge in [0.25, 0.3) is 5.91 Å². The molecule has 0 saturated carbocycles. The minimum Gasteiger partial charge on any atom is -0.298 e. The van der Waals surface area contributed by atoms with Gasteiger partial charge in [0.1, 0.15) is 5.56 Å². The average Bonchev–Trinajstić information content (AvgIpc) is 2.92. The largest absolute Gasteiger partial charge is 0.298 e. The van der Waals surface area contributed by atoms with Crippen LogP contribution in [0.1, 0.15) is 10.4 Å². The maximum absolute atomic E-state index is 13.6. The maximum Gasteiger partial charge on any atom is 0.263 e. The van der Waals surface area contributed by atoms with Crippen LogP contribution in [0.2, 0.25) is 0 Å². The topological polar surface area (TPSA) is 42.0 Å². The zero-order valence-corrected chi connectivity index (χ0v) is 13.7. The van der Waals surface area contributed by atoms with Gasteiger partial charge in [-0.15, -0.1) is 0 Å². The van der Waals surface area contributed by atoms with Gasteiger partial charge >= 0.3 is 0 Å². The van der Waals surface area contributed by atoms with Crippen molar-refractivity contribution in [2.24, 2.45) is 0 Å². The van der Waals surface area contributed by atoms with E-state index in [9.17, 15) is 26.7 Å². The summed E-state index contributed by atoms with van der Waals surface area (Å²) < 4.78 is 67.9. The number of nitrogens with one attached hydrogen (secondary N) is 1. The summed E-state index contributed by atoms with van der Waals surface area (Å²) in [5.41, 5.74) is -1.07. The third-order valence-electron chi connectivity index (χ3n) is 3.01. The molecule has 0 spiro atoms. The number of rotatable bonds is 2. The van der Waals surface area contributed by atoms with E-state index in [1.165, 1.54) is 0 Å². The minimum absolute atomic E-state index is 0.0444. The fourth-order valence-electron chi connectivity index (χ4n) is 1.92. The van der Waals surface area contributed by atoms with Gasteiger partial charge in [-0.05, 0) is 18.2 Å². The lowest BCUT2D eigenvalue weighted by Gasteiger charge is -2.07. The van der Waals surface area contributed by atoms with E-state index in [0.717, 1.165) is 15.8 Å². The third kappa shape index (κ3) is 2.75. The summed E-state index contributed by atoms with van der Waals surface area (Å²) in [6.07, 6.45) is 0. The molecule has 0 radical (unpaired) electrons. The number of hydrogen-bond acceptors (Lipinski definition) is 3. The lowest BCUT2D eigenvalue weighted by Crippen LogP contribution is -2.19. The van der Waals surface area contributed by atoms with Crippen molar-refractivity contribution in [3.63, 3.8) is 0 Å². The Balaban J connectivity index is 2.00. The van der Waals surface area contributed by atoms with Crippen LogP contribution < -0.4 is 5.32 Å². The third-order valence-corrected chi connectivity index (χ3v) is 4.43. The zero-order chi connectivity index (χ0) is 17.6. The second-order valence-electron chi connectivity index (χ2n) is 4.53. The lowest BCUT2D eigenvalue weighted by molar-refractivity contribution is 0.101. The van der Waals surface area contributed by atoms with Crippen LogP contribution >= 0.6 is 27.3 Å². The van der Waals surface area contributed by atoms with Gasteiger partial charge in [-0.3, -0.25) is 10.1 Å². The molecule has 10 heteroatoms. The second kappa shape index (κ2) is 6.10. The van der Waals surface area contributed by atoms with Gasteiger partial charge < -0.3 is 0 Å². The molecule has 3 rings (SSSR count). The van der Waals surface area contributed by atoms with E-state index in [1.54, 1.807) is 18.2 Å². The Kier molecular flexibility index (Phi) is 4.26. The van der Waals surface area contributed by atoms with Crippen LogP contribution in [0.15, 0.2) is 22.7 Å². The summed E-state index contributed by atoms with van der Waals surface area (Å²) in [5, 5.41) is 2.00. The molecule has 24 heavy (non-hydrogen) atoms. The quantitative estimate of drug-likeness (QED) is 0.358. The highest BCUT2D eigenvalue weighted by molar-refractivity contribution is 9.10. The molecule has 3 aromatic rings. The summed E-state index contributed by atoms with van der Waals surface area (Å²) in [7, 11) is 0. The van der Waals surface area contributed by atoms with Crippen molar-refractivity contribution in [1.29, 1.82) is 0 Å². The molecule has 0 aliphatic rings. The monoisotopic (exact) mass is 422 g/mol. The Morgan fingerprint density at radius 3 is 2.21 bits per heavy atom. The van der Waals surface area contributed by atoms with E-state index in [4.69, 9.17) is 0 Å². The van der Waals surface area contributed by atoms with E-state index < -0.39 is 40.6 Å². The molecule has 0 unspecified atom stereocenters. The summed E-state index contributed by atoms with van der Waals surface area (Å²) in [5.74, 6) is -12.6.